The van der Waals surface area contributed by atoms with Gasteiger partial charge < -0.3 is 29.2 Å². The van der Waals surface area contributed by atoms with Crippen LogP contribution in [0.4, 0.5) is 0 Å². The second kappa shape index (κ2) is 14.1. The van der Waals surface area contributed by atoms with Crippen LogP contribution in [0.3, 0.4) is 0 Å². The van der Waals surface area contributed by atoms with E-state index in [4.69, 9.17) is 18.9 Å². The van der Waals surface area contributed by atoms with Crippen molar-refractivity contribution in [3.8, 4) is 22.6 Å². The van der Waals surface area contributed by atoms with Crippen molar-refractivity contribution in [2.24, 2.45) is 0 Å². The molecule has 0 saturated carbocycles. The molecule has 0 saturated heterocycles. The van der Waals surface area contributed by atoms with E-state index >= 15 is 0 Å². The highest BCUT2D eigenvalue weighted by atomic mass is 16.6. The van der Waals surface area contributed by atoms with Gasteiger partial charge in [-0.05, 0) is 57.6 Å². The molecule has 2 N–H and O–H groups in total. The summed E-state index contributed by atoms with van der Waals surface area (Å²) in [4.78, 5) is 22.8. The molecular weight excluding hydrogens is 572 g/mol. The molecule has 8 nitrogen and oxygen atoms in total. The van der Waals surface area contributed by atoms with Crippen LogP contribution in [0, 0.1) is 0 Å². The van der Waals surface area contributed by atoms with Gasteiger partial charge in [0, 0.05) is 12.2 Å². The van der Waals surface area contributed by atoms with Crippen LogP contribution in [0.25, 0.3) is 11.1 Å². The first kappa shape index (κ1) is 31.3. The third-order valence-electron chi connectivity index (χ3n) is 7.64. The molecule has 0 heterocycles. The van der Waals surface area contributed by atoms with Crippen LogP contribution in [0.5, 0.6) is 11.5 Å². The number of carbonyl (C=O) groups excluding carboxylic acids is 2. The van der Waals surface area contributed by atoms with Crippen molar-refractivity contribution in [3.05, 3.63) is 145 Å². The van der Waals surface area contributed by atoms with Crippen LogP contribution in [0.15, 0.2) is 122 Å². The van der Waals surface area contributed by atoms with E-state index in [1.807, 2.05) is 72.8 Å². The minimum absolute atomic E-state index is 0.0148. The van der Waals surface area contributed by atoms with Crippen molar-refractivity contribution in [1.82, 2.24) is 0 Å². The normalized spacial score (nSPS) is 13.8. The number of rotatable bonds is 14. The SMILES string of the molecule is C=CC(=O)OCC(O)COc1ccc(C2(c3ccc(OCC(CO)OC(=O)C=C)cc3)c3ccccc3-c3ccccc32)cc1. The summed E-state index contributed by atoms with van der Waals surface area (Å²) >= 11 is 0. The van der Waals surface area contributed by atoms with Crippen LogP contribution in [-0.2, 0) is 24.5 Å². The number of benzene rings is 4. The molecule has 2 unspecified atom stereocenters. The van der Waals surface area contributed by atoms with Crippen molar-refractivity contribution < 1.29 is 38.7 Å². The lowest BCUT2D eigenvalue weighted by atomic mass is 9.68. The maximum Gasteiger partial charge on any atom is 0.330 e. The van der Waals surface area contributed by atoms with Crippen molar-refractivity contribution in [2.45, 2.75) is 17.6 Å². The summed E-state index contributed by atoms with van der Waals surface area (Å²) in [6, 6.07) is 32.2. The smallest absolute Gasteiger partial charge is 0.330 e. The van der Waals surface area contributed by atoms with E-state index in [0.29, 0.717) is 11.5 Å². The molecule has 0 fully saturated rings. The van der Waals surface area contributed by atoms with E-state index in [0.717, 1.165) is 45.5 Å². The van der Waals surface area contributed by atoms with E-state index < -0.39 is 29.6 Å². The molecule has 1 aliphatic rings. The quantitative estimate of drug-likeness (QED) is 0.134. The van der Waals surface area contributed by atoms with Gasteiger partial charge in [0.05, 0.1) is 12.0 Å². The average Bonchev–Trinajstić information content (AvgIpc) is 3.39. The fourth-order valence-electron chi connectivity index (χ4n) is 5.63. The van der Waals surface area contributed by atoms with Gasteiger partial charge in [0.2, 0.25) is 0 Å². The molecule has 4 aromatic rings. The van der Waals surface area contributed by atoms with Crippen molar-refractivity contribution >= 4 is 11.9 Å². The number of aliphatic hydroxyl groups excluding tert-OH is 2. The van der Waals surface area contributed by atoms with Crippen LogP contribution in [-0.4, -0.2) is 60.8 Å². The summed E-state index contributed by atoms with van der Waals surface area (Å²) in [5, 5.41) is 19.7. The van der Waals surface area contributed by atoms with E-state index in [-0.39, 0.29) is 26.4 Å². The second-order valence-corrected chi connectivity index (χ2v) is 10.4. The zero-order valence-electron chi connectivity index (χ0n) is 24.6. The zero-order chi connectivity index (χ0) is 31.8. The molecule has 1 aliphatic carbocycles. The molecule has 0 radical (unpaired) electrons. The van der Waals surface area contributed by atoms with Crippen LogP contribution < -0.4 is 9.47 Å². The van der Waals surface area contributed by atoms with Crippen LogP contribution in [0.1, 0.15) is 22.3 Å². The molecule has 8 heteroatoms. The molecule has 45 heavy (non-hydrogen) atoms. The van der Waals surface area contributed by atoms with Gasteiger partial charge in [-0.2, -0.15) is 0 Å². The fourth-order valence-corrected chi connectivity index (χ4v) is 5.63. The average molecular weight is 607 g/mol. The van der Waals surface area contributed by atoms with Gasteiger partial charge in [-0.1, -0.05) is 86.0 Å². The standard InChI is InChI=1S/C37H34O8/c1-3-35(40)44-23-27(39)22-42-28-17-13-25(14-18-28)37(33-11-7-5-9-31(33)32-10-6-8-12-34(32)37)26-15-19-29(20-16-26)43-24-30(21-38)45-36(41)4-2/h3-20,27,30,38-39H,1-2,21-24H2. The molecule has 4 aromatic carbocycles. The Bertz CT molecular complexity index is 1610. The number of hydrogen-bond donors (Lipinski definition) is 2. The highest BCUT2D eigenvalue weighted by Crippen LogP contribution is 2.56. The van der Waals surface area contributed by atoms with Crippen LogP contribution in [0.2, 0.25) is 0 Å². The number of ether oxygens (including phenoxy) is 4. The first-order valence-electron chi connectivity index (χ1n) is 14.5. The van der Waals surface area contributed by atoms with Crippen molar-refractivity contribution in [3.63, 3.8) is 0 Å². The largest absolute Gasteiger partial charge is 0.491 e. The highest BCUT2D eigenvalue weighted by molar-refractivity contribution is 5.86. The Morgan fingerprint density at radius 1 is 0.689 bits per heavy atom. The molecule has 0 aromatic heterocycles. The first-order valence-corrected chi connectivity index (χ1v) is 14.5. The lowest BCUT2D eigenvalue weighted by molar-refractivity contribution is -0.146. The Hall–Kier alpha value is -5.18. The Labute approximate surface area is 261 Å². The molecule has 0 spiro atoms. The highest BCUT2D eigenvalue weighted by Gasteiger charge is 2.45. The zero-order valence-corrected chi connectivity index (χ0v) is 24.6. The summed E-state index contributed by atoms with van der Waals surface area (Å²) in [5.41, 5.74) is 5.90. The third kappa shape index (κ3) is 6.52. The number of aliphatic hydroxyl groups is 2. The predicted octanol–water partition coefficient (Wildman–Crippen LogP) is 4.99. The molecule has 0 amide bonds. The van der Waals surface area contributed by atoms with Gasteiger partial charge in [-0.15, -0.1) is 0 Å². The van der Waals surface area contributed by atoms with Gasteiger partial charge in [-0.3, -0.25) is 0 Å². The molecule has 0 aliphatic heterocycles. The maximum atomic E-state index is 11.6. The monoisotopic (exact) mass is 606 g/mol. The Morgan fingerprint density at radius 3 is 1.67 bits per heavy atom. The minimum Gasteiger partial charge on any atom is -0.491 e. The maximum absolute atomic E-state index is 11.6. The summed E-state index contributed by atoms with van der Waals surface area (Å²) in [6.45, 7) is 6.09. The number of carbonyl (C=O) groups is 2. The van der Waals surface area contributed by atoms with Gasteiger partial charge in [0.15, 0.2) is 6.10 Å². The molecule has 5 rings (SSSR count). The summed E-state index contributed by atoms with van der Waals surface area (Å²) in [5.74, 6) is -0.122. The predicted molar refractivity (Wildman–Crippen MR) is 169 cm³/mol. The Balaban J connectivity index is 1.46. The Morgan fingerprint density at radius 2 is 1.18 bits per heavy atom. The fraction of sp³-hybridized carbons (Fsp3) is 0.189. The second-order valence-electron chi connectivity index (χ2n) is 10.4. The molecular formula is C37H34O8. The van der Waals surface area contributed by atoms with E-state index in [1.165, 1.54) is 0 Å². The van der Waals surface area contributed by atoms with Crippen molar-refractivity contribution in [1.29, 1.82) is 0 Å². The number of fused-ring (bicyclic) bond motifs is 3. The number of esters is 2. The first-order chi connectivity index (χ1) is 21.9. The van der Waals surface area contributed by atoms with Gasteiger partial charge >= 0.3 is 11.9 Å². The van der Waals surface area contributed by atoms with E-state index in [9.17, 15) is 19.8 Å². The lowest BCUT2D eigenvalue weighted by Crippen LogP contribution is -2.29. The third-order valence-corrected chi connectivity index (χ3v) is 7.64. The lowest BCUT2D eigenvalue weighted by Gasteiger charge is -2.34. The van der Waals surface area contributed by atoms with E-state index in [2.05, 4.69) is 37.4 Å². The molecule has 2 atom stereocenters. The van der Waals surface area contributed by atoms with Gasteiger partial charge in [-0.25, -0.2) is 9.59 Å². The Kier molecular flexibility index (Phi) is 9.77. The minimum atomic E-state index is -0.990. The summed E-state index contributed by atoms with van der Waals surface area (Å²) in [7, 11) is 0. The topological polar surface area (TPSA) is 112 Å². The number of hydrogen-bond acceptors (Lipinski definition) is 8. The van der Waals surface area contributed by atoms with Gasteiger partial charge in [0.1, 0.15) is 37.4 Å². The molecule has 230 valence electrons. The van der Waals surface area contributed by atoms with Crippen molar-refractivity contribution in [2.75, 3.05) is 26.4 Å². The molecule has 0 bridgehead atoms. The summed E-state index contributed by atoms with van der Waals surface area (Å²) < 4.78 is 21.7. The van der Waals surface area contributed by atoms with Crippen LogP contribution >= 0.6 is 0 Å². The van der Waals surface area contributed by atoms with Gasteiger partial charge in [0.25, 0.3) is 0 Å². The van der Waals surface area contributed by atoms with E-state index in [1.54, 1.807) is 0 Å². The summed E-state index contributed by atoms with van der Waals surface area (Å²) in [6.07, 6.45) is 0.272.